The molecule has 2 aromatic carbocycles. The molecule has 0 bridgehead atoms. The monoisotopic (exact) mass is 443 g/mol. The van der Waals surface area contributed by atoms with E-state index in [4.69, 9.17) is 20.9 Å². The number of nitrogens with one attached hydrogen (secondary N) is 1. The lowest BCUT2D eigenvalue weighted by atomic mass is 9.82. The van der Waals surface area contributed by atoms with Gasteiger partial charge in [0.15, 0.2) is 0 Å². The zero-order valence-corrected chi connectivity index (χ0v) is 20.2. The first-order valence-corrected chi connectivity index (χ1v) is 12.0. The van der Waals surface area contributed by atoms with Gasteiger partial charge in [-0.25, -0.2) is 0 Å². The standard InChI is InChI=1S/C29H37N3O/c1-5-20(2)22(4)32-28(26-7-6-8-26)17-21(3)33-29-18-24(19-31)11-14-27(29)25-12-9-23(10-13-25)15-16-30/h9-14,17-20,26,31H,3,5-8,15-16,30H2,1-2,4H3/b28-17-,31-19?,32-22?. The summed E-state index contributed by atoms with van der Waals surface area (Å²) in [6.45, 7) is 11.4. The minimum Gasteiger partial charge on any atom is -0.457 e. The van der Waals surface area contributed by atoms with Gasteiger partial charge in [0.2, 0.25) is 0 Å². The molecule has 1 saturated carbocycles. The number of hydrogen-bond acceptors (Lipinski definition) is 4. The van der Waals surface area contributed by atoms with Crippen LogP contribution in [0.15, 0.2) is 71.6 Å². The van der Waals surface area contributed by atoms with Crippen molar-refractivity contribution in [2.75, 3.05) is 6.54 Å². The van der Waals surface area contributed by atoms with Crippen LogP contribution in [0.2, 0.25) is 0 Å². The van der Waals surface area contributed by atoms with Gasteiger partial charge in [0.05, 0.1) is 0 Å². The summed E-state index contributed by atoms with van der Waals surface area (Å²) in [7, 11) is 0. The molecule has 1 aliphatic carbocycles. The van der Waals surface area contributed by atoms with Gasteiger partial charge in [-0.05, 0) is 73.9 Å². The molecular weight excluding hydrogens is 406 g/mol. The van der Waals surface area contributed by atoms with E-state index >= 15 is 0 Å². The van der Waals surface area contributed by atoms with Crippen molar-refractivity contribution < 1.29 is 4.74 Å². The van der Waals surface area contributed by atoms with Crippen molar-refractivity contribution in [2.45, 2.75) is 52.9 Å². The van der Waals surface area contributed by atoms with E-state index in [-0.39, 0.29) is 0 Å². The highest BCUT2D eigenvalue weighted by Gasteiger charge is 2.23. The molecule has 2 aromatic rings. The SMILES string of the molecule is C=C(/C=C(\N=C(C)C(C)CC)C1CCC1)Oc1cc(C=N)ccc1-c1ccc(CCN)cc1. The Bertz CT molecular complexity index is 1030. The van der Waals surface area contributed by atoms with Gasteiger partial charge in [0, 0.05) is 35.2 Å². The van der Waals surface area contributed by atoms with Gasteiger partial charge in [-0.1, -0.05) is 57.2 Å². The summed E-state index contributed by atoms with van der Waals surface area (Å²) < 4.78 is 6.27. The number of nitrogens with zero attached hydrogens (tertiary/aromatic N) is 1. The summed E-state index contributed by atoms with van der Waals surface area (Å²) >= 11 is 0. The molecule has 0 radical (unpaired) electrons. The first-order valence-electron chi connectivity index (χ1n) is 12.0. The maximum absolute atomic E-state index is 7.67. The Labute approximate surface area is 198 Å². The van der Waals surface area contributed by atoms with Crippen molar-refractivity contribution >= 4 is 11.9 Å². The molecule has 1 fully saturated rings. The van der Waals surface area contributed by atoms with Gasteiger partial charge in [-0.3, -0.25) is 4.99 Å². The van der Waals surface area contributed by atoms with Crippen LogP contribution in [-0.2, 0) is 6.42 Å². The summed E-state index contributed by atoms with van der Waals surface area (Å²) in [4.78, 5) is 4.98. The van der Waals surface area contributed by atoms with Gasteiger partial charge >= 0.3 is 0 Å². The third kappa shape index (κ3) is 6.52. The molecule has 174 valence electrons. The summed E-state index contributed by atoms with van der Waals surface area (Å²) in [5.74, 6) is 2.20. The molecule has 0 heterocycles. The molecule has 1 aliphatic rings. The molecule has 0 saturated heterocycles. The highest BCUT2D eigenvalue weighted by molar-refractivity contribution is 5.85. The quantitative estimate of drug-likeness (QED) is 0.224. The van der Waals surface area contributed by atoms with Gasteiger partial charge in [-0.2, -0.15) is 0 Å². The molecule has 33 heavy (non-hydrogen) atoms. The summed E-state index contributed by atoms with van der Waals surface area (Å²) in [5, 5.41) is 7.67. The van der Waals surface area contributed by atoms with E-state index in [0.29, 0.717) is 29.9 Å². The summed E-state index contributed by atoms with van der Waals surface area (Å²) in [6.07, 6.45) is 8.85. The van der Waals surface area contributed by atoms with Crippen molar-refractivity contribution in [3.63, 3.8) is 0 Å². The fourth-order valence-corrected chi connectivity index (χ4v) is 3.86. The van der Waals surface area contributed by atoms with Crippen LogP contribution in [-0.4, -0.2) is 18.5 Å². The average Bonchev–Trinajstić information content (AvgIpc) is 2.78. The Kier molecular flexibility index (Phi) is 8.79. The normalized spacial score (nSPS) is 15.6. The first-order chi connectivity index (χ1) is 15.9. The largest absolute Gasteiger partial charge is 0.457 e. The van der Waals surface area contributed by atoms with Gasteiger partial charge in [0.25, 0.3) is 0 Å². The lowest BCUT2D eigenvalue weighted by Gasteiger charge is -2.27. The van der Waals surface area contributed by atoms with E-state index in [0.717, 1.165) is 40.9 Å². The molecule has 4 heteroatoms. The van der Waals surface area contributed by atoms with E-state index in [9.17, 15) is 0 Å². The molecule has 1 unspecified atom stereocenters. The zero-order valence-electron chi connectivity index (χ0n) is 20.2. The second-order valence-electron chi connectivity index (χ2n) is 8.96. The van der Waals surface area contributed by atoms with Crippen molar-refractivity contribution in [1.29, 1.82) is 5.41 Å². The van der Waals surface area contributed by atoms with Crippen LogP contribution >= 0.6 is 0 Å². The van der Waals surface area contributed by atoms with Gasteiger partial charge in [0.1, 0.15) is 11.5 Å². The second kappa shape index (κ2) is 11.8. The minimum absolute atomic E-state index is 0.459. The van der Waals surface area contributed by atoms with E-state index in [1.807, 2.05) is 24.3 Å². The highest BCUT2D eigenvalue weighted by Crippen LogP contribution is 2.36. The van der Waals surface area contributed by atoms with Gasteiger partial charge < -0.3 is 15.9 Å². The molecule has 3 rings (SSSR count). The lowest BCUT2D eigenvalue weighted by molar-refractivity contribution is 0.362. The van der Waals surface area contributed by atoms with Crippen LogP contribution in [0.25, 0.3) is 11.1 Å². The number of allylic oxidation sites excluding steroid dienone is 2. The van der Waals surface area contributed by atoms with Crippen molar-refractivity contribution in [3.8, 4) is 16.9 Å². The Morgan fingerprint density at radius 1 is 1.24 bits per heavy atom. The molecule has 4 nitrogen and oxygen atoms in total. The van der Waals surface area contributed by atoms with E-state index in [2.05, 4.69) is 51.6 Å². The summed E-state index contributed by atoms with van der Waals surface area (Å²) in [5.41, 5.74) is 11.9. The van der Waals surface area contributed by atoms with Crippen molar-refractivity contribution in [3.05, 3.63) is 77.7 Å². The molecule has 3 N–H and O–H groups in total. The van der Waals surface area contributed by atoms with E-state index in [1.165, 1.54) is 31.0 Å². The Morgan fingerprint density at radius 3 is 2.55 bits per heavy atom. The van der Waals surface area contributed by atoms with Crippen LogP contribution in [0.5, 0.6) is 5.75 Å². The molecule has 0 aliphatic heterocycles. The number of aliphatic imine (C=N–C) groups is 1. The third-order valence-electron chi connectivity index (χ3n) is 6.57. The molecule has 1 atom stereocenters. The number of ether oxygens (including phenoxy) is 1. The van der Waals surface area contributed by atoms with Crippen LogP contribution in [0.3, 0.4) is 0 Å². The van der Waals surface area contributed by atoms with Crippen LogP contribution in [0.1, 0.15) is 57.6 Å². The molecule has 0 amide bonds. The maximum Gasteiger partial charge on any atom is 0.135 e. The Hall–Kier alpha value is -2.98. The topological polar surface area (TPSA) is 71.5 Å². The smallest absolute Gasteiger partial charge is 0.135 e. The van der Waals surface area contributed by atoms with Crippen molar-refractivity contribution in [1.82, 2.24) is 0 Å². The predicted octanol–water partition coefficient (Wildman–Crippen LogP) is 6.94. The molecule has 0 aromatic heterocycles. The molecule has 0 spiro atoms. The fourth-order valence-electron chi connectivity index (χ4n) is 3.86. The maximum atomic E-state index is 7.67. The average molecular weight is 444 g/mol. The number of benzene rings is 2. The highest BCUT2D eigenvalue weighted by atomic mass is 16.5. The Balaban J connectivity index is 1.90. The van der Waals surface area contributed by atoms with Crippen LogP contribution in [0.4, 0.5) is 0 Å². The number of nitrogens with two attached hydrogens (primary N) is 1. The number of hydrogen-bond donors (Lipinski definition) is 2. The summed E-state index contributed by atoms with van der Waals surface area (Å²) in [6, 6.07) is 14.2. The second-order valence-corrected chi connectivity index (χ2v) is 8.96. The first kappa shape index (κ1) is 24.7. The van der Waals surface area contributed by atoms with Crippen LogP contribution < -0.4 is 10.5 Å². The lowest BCUT2D eigenvalue weighted by Crippen LogP contribution is -2.15. The van der Waals surface area contributed by atoms with E-state index in [1.54, 1.807) is 0 Å². The Morgan fingerprint density at radius 2 is 1.97 bits per heavy atom. The zero-order chi connectivity index (χ0) is 23.8. The van der Waals surface area contributed by atoms with E-state index < -0.39 is 0 Å². The van der Waals surface area contributed by atoms with Crippen LogP contribution in [0, 0.1) is 17.2 Å². The third-order valence-corrected chi connectivity index (χ3v) is 6.57. The minimum atomic E-state index is 0.459. The molecular formula is C29H37N3O. The fraction of sp³-hybridized carbons (Fsp3) is 0.379. The van der Waals surface area contributed by atoms with Gasteiger partial charge in [-0.15, -0.1) is 0 Å². The number of rotatable bonds is 11. The predicted molar refractivity (Wildman–Crippen MR) is 140 cm³/mol. The van der Waals surface area contributed by atoms with Crippen molar-refractivity contribution in [2.24, 2.45) is 22.6 Å².